The van der Waals surface area contributed by atoms with Crippen molar-refractivity contribution in [2.45, 2.75) is 24.6 Å². The number of likely N-dealkylation sites (N-methyl/N-ethyl adjacent to an activating group) is 1. The van der Waals surface area contributed by atoms with Crippen LogP contribution in [0.5, 0.6) is 0 Å². The molecule has 1 heterocycles. The summed E-state index contributed by atoms with van der Waals surface area (Å²) in [4.78, 5) is 3.22. The zero-order valence-corrected chi connectivity index (χ0v) is 14.9. The van der Waals surface area contributed by atoms with Gasteiger partial charge in [0, 0.05) is 29.9 Å². The zero-order valence-electron chi connectivity index (χ0n) is 12.5. The van der Waals surface area contributed by atoms with Crippen LogP contribution in [0.25, 0.3) is 0 Å². The molecule has 4 nitrogen and oxygen atoms in total. The highest BCUT2D eigenvalue weighted by molar-refractivity contribution is 7.89. The average molecular weight is 339 g/mol. The molecule has 7 heteroatoms. The van der Waals surface area contributed by atoms with Crippen LogP contribution in [0.4, 0.5) is 0 Å². The zero-order chi connectivity index (χ0) is 15.3. The SMILES string of the molecule is CC(C)CN(CCN(C)C)S(=O)(=O)c1csc(CCl)c1. The molecule has 0 saturated carbocycles. The van der Waals surface area contributed by atoms with E-state index in [4.69, 9.17) is 11.6 Å². The first-order chi connectivity index (χ1) is 9.27. The molecule has 1 aromatic heterocycles. The van der Waals surface area contributed by atoms with Gasteiger partial charge < -0.3 is 4.90 Å². The molecule has 20 heavy (non-hydrogen) atoms. The molecule has 116 valence electrons. The number of rotatable bonds is 8. The Kier molecular flexibility index (Phi) is 6.94. The van der Waals surface area contributed by atoms with Gasteiger partial charge in [-0.2, -0.15) is 4.31 Å². The van der Waals surface area contributed by atoms with Gasteiger partial charge in [0.1, 0.15) is 0 Å². The number of hydrogen-bond acceptors (Lipinski definition) is 4. The van der Waals surface area contributed by atoms with Gasteiger partial charge in [-0.15, -0.1) is 22.9 Å². The Morgan fingerprint density at radius 3 is 2.40 bits per heavy atom. The minimum atomic E-state index is -3.42. The third kappa shape index (κ3) is 5.00. The van der Waals surface area contributed by atoms with E-state index in [2.05, 4.69) is 0 Å². The van der Waals surface area contributed by atoms with Crippen molar-refractivity contribution in [3.05, 3.63) is 16.3 Å². The van der Waals surface area contributed by atoms with Gasteiger partial charge in [0.05, 0.1) is 10.8 Å². The lowest BCUT2D eigenvalue weighted by molar-refractivity contribution is 0.313. The van der Waals surface area contributed by atoms with Crippen molar-refractivity contribution >= 4 is 33.0 Å². The fourth-order valence-electron chi connectivity index (χ4n) is 1.74. The minimum Gasteiger partial charge on any atom is -0.308 e. The summed E-state index contributed by atoms with van der Waals surface area (Å²) in [7, 11) is 0.459. The second-order valence-corrected chi connectivity index (χ2v) is 8.64. The van der Waals surface area contributed by atoms with Gasteiger partial charge in [-0.25, -0.2) is 8.42 Å². The quantitative estimate of drug-likeness (QED) is 0.684. The molecule has 0 aliphatic heterocycles. The van der Waals surface area contributed by atoms with E-state index in [0.717, 1.165) is 4.88 Å². The van der Waals surface area contributed by atoms with Gasteiger partial charge in [0.25, 0.3) is 0 Å². The maximum Gasteiger partial charge on any atom is 0.243 e. The summed E-state index contributed by atoms with van der Waals surface area (Å²) >= 11 is 7.14. The summed E-state index contributed by atoms with van der Waals surface area (Å²) in [6.45, 7) is 5.78. The summed E-state index contributed by atoms with van der Waals surface area (Å²) in [6.07, 6.45) is 0. The first-order valence-electron chi connectivity index (χ1n) is 6.55. The highest BCUT2D eigenvalue weighted by Gasteiger charge is 2.26. The maximum atomic E-state index is 12.7. The van der Waals surface area contributed by atoms with E-state index < -0.39 is 10.0 Å². The van der Waals surface area contributed by atoms with Gasteiger partial charge >= 0.3 is 0 Å². The Bertz CT molecular complexity index is 512. The predicted octanol–water partition coefficient (Wildman–Crippen LogP) is 2.70. The summed E-state index contributed by atoms with van der Waals surface area (Å²) in [5.41, 5.74) is 0. The topological polar surface area (TPSA) is 40.6 Å². The van der Waals surface area contributed by atoms with E-state index >= 15 is 0 Å². The molecule has 0 aromatic carbocycles. The van der Waals surface area contributed by atoms with Crippen LogP contribution in [0, 0.1) is 5.92 Å². The van der Waals surface area contributed by atoms with Crippen molar-refractivity contribution in [2.75, 3.05) is 33.7 Å². The minimum absolute atomic E-state index is 0.290. The molecule has 0 bridgehead atoms. The Labute approximate surface area is 131 Å². The molecular formula is C13H23ClN2O2S2. The second-order valence-electron chi connectivity index (χ2n) is 5.44. The summed E-state index contributed by atoms with van der Waals surface area (Å²) in [5.74, 6) is 0.639. The number of hydrogen-bond donors (Lipinski definition) is 0. The van der Waals surface area contributed by atoms with E-state index in [-0.39, 0.29) is 5.92 Å². The van der Waals surface area contributed by atoms with Crippen molar-refractivity contribution in [1.29, 1.82) is 0 Å². The molecule has 0 saturated heterocycles. The molecule has 0 N–H and O–H groups in total. The van der Waals surface area contributed by atoms with Gasteiger partial charge in [-0.1, -0.05) is 13.8 Å². The van der Waals surface area contributed by atoms with Crippen molar-refractivity contribution < 1.29 is 8.42 Å². The van der Waals surface area contributed by atoms with Crippen LogP contribution in [0.2, 0.25) is 0 Å². The van der Waals surface area contributed by atoms with Crippen LogP contribution < -0.4 is 0 Å². The summed E-state index contributed by atoms with van der Waals surface area (Å²) in [6, 6.07) is 1.68. The number of thiophene rings is 1. The highest BCUT2D eigenvalue weighted by Crippen LogP contribution is 2.24. The van der Waals surface area contributed by atoms with Gasteiger partial charge in [0.15, 0.2) is 0 Å². The van der Waals surface area contributed by atoms with Crippen LogP contribution in [-0.2, 0) is 15.9 Å². The molecule has 0 amide bonds. The third-order valence-electron chi connectivity index (χ3n) is 2.76. The van der Waals surface area contributed by atoms with E-state index in [9.17, 15) is 8.42 Å². The van der Waals surface area contributed by atoms with Crippen molar-refractivity contribution in [3.63, 3.8) is 0 Å². The molecule has 0 atom stereocenters. The van der Waals surface area contributed by atoms with Crippen LogP contribution in [0.15, 0.2) is 16.3 Å². The molecule has 1 aromatic rings. The van der Waals surface area contributed by atoms with Crippen molar-refractivity contribution in [3.8, 4) is 0 Å². The number of halogens is 1. The normalized spacial score (nSPS) is 12.8. The Balaban J connectivity index is 2.96. The van der Waals surface area contributed by atoms with Gasteiger partial charge in [-0.05, 0) is 26.1 Å². The lowest BCUT2D eigenvalue weighted by Gasteiger charge is -2.24. The number of nitrogens with zero attached hydrogens (tertiary/aromatic N) is 2. The smallest absolute Gasteiger partial charge is 0.243 e. The summed E-state index contributed by atoms with van der Waals surface area (Å²) < 4.78 is 26.9. The van der Waals surface area contributed by atoms with Crippen molar-refractivity contribution in [1.82, 2.24) is 9.21 Å². The van der Waals surface area contributed by atoms with E-state index in [1.807, 2.05) is 32.8 Å². The molecule has 0 aliphatic rings. The first-order valence-corrected chi connectivity index (χ1v) is 9.41. The molecule has 0 spiro atoms. The third-order valence-corrected chi connectivity index (χ3v) is 6.14. The van der Waals surface area contributed by atoms with Gasteiger partial charge in [-0.3, -0.25) is 0 Å². The molecule has 0 aliphatic carbocycles. The molecule has 0 radical (unpaired) electrons. The molecule has 1 rings (SSSR count). The fraction of sp³-hybridized carbons (Fsp3) is 0.692. The number of sulfonamides is 1. The molecule has 0 unspecified atom stereocenters. The van der Waals surface area contributed by atoms with Crippen LogP contribution >= 0.6 is 22.9 Å². The van der Waals surface area contributed by atoms with Crippen LogP contribution in [0.1, 0.15) is 18.7 Å². The summed E-state index contributed by atoms with van der Waals surface area (Å²) in [5, 5.41) is 1.68. The largest absolute Gasteiger partial charge is 0.308 e. The number of alkyl halides is 1. The molecular weight excluding hydrogens is 316 g/mol. The molecule has 0 fully saturated rings. The highest BCUT2D eigenvalue weighted by atomic mass is 35.5. The van der Waals surface area contributed by atoms with Crippen molar-refractivity contribution in [2.24, 2.45) is 5.92 Å². The van der Waals surface area contributed by atoms with E-state index in [1.165, 1.54) is 11.3 Å². The average Bonchev–Trinajstić information content (AvgIpc) is 2.83. The predicted molar refractivity (Wildman–Crippen MR) is 86.0 cm³/mol. The lowest BCUT2D eigenvalue weighted by Crippen LogP contribution is -2.38. The van der Waals surface area contributed by atoms with E-state index in [0.29, 0.717) is 30.4 Å². The van der Waals surface area contributed by atoms with Gasteiger partial charge in [0.2, 0.25) is 10.0 Å². The van der Waals surface area contributed by atoms with Crippen LogP contribution in [-0.4, -0.2) is 51.4 Å². The van der Waals surface area contributed by atoms with Crippen LogP contribution in [0.3, 0.4) is 0 Å². The first kappa shape index (κ1) is 17.9. The maximum absolute atomic E-state index is 12.7. The Morgan fingerprint density at radius 2 is 1.95 bits per heavy atom. The fourth-order valence-corrected chi connectivity index (χ4v) is 4.71. The Morgan fingerprint density at radius 1 is 1.30 bits per heavy atom. The van der Waals surface area contributed by atoms with E-state index in [1.54, 1.807) is 15.8 Å². The lowest BCUT2D eigenvalue weighted by atomic mass is 10.2. The standard InChI is InChI=1S/C13H23ClN2O2S2/c1-11(2)9-16(6-5-15(3)4)20(17,18)13-7-12(8-14)19-10-13/h7,10-11H,5-6,8-9H2,1-4H3. The second kappa shape index (κ2) is 7.75. The Hall–Kier alpha value is -0.140. The monoisotopic (exact) mass is 338 g/mol.